The molecule has 0 saturated carbocycles. The van der Waals surface area contributed by atoms with Crippen molar-refractivity contribution in [3.63, 3.8) is 0 Å². The topological polar surface area (TPSA) is 66.5 Å². The third-order valence-electron chi connectivity index (χ3n) is 5.70. The van der Waals surface area contributed by atoms with Crippen LogP contribution in [-0.4, -0.2) is 20.9 Å². The van der Waals surface area contributed by atoms with Crippen molar-refractivity contribution in [1.29, 1.82) is 0 Å². The average Bonchev–Trinajstić information content (AvgIpc) is 3.30. The van der Waals surface area contributed by atoms with Crippen molar-refractivity contribution in [3.8, 4) is 0 Å². The van der Waals surface area contributed by atoms with Gasteiger partial charge in [-0.15, -0.1) is 0 Å². The zero-order chi connectivity index (χ0) is 24.4. The maximum Gasteiger partial charge on any atom is 0.264 e. The first-order chi connectivity index (χ1) is 16.9. The Morgan fingerprint density at radius 1 is 0.886 bits per heavy atom. The highest BCUT2D eigenvalue weighted by atomic mass is 35.5. The van der Waals surface area contributed by atoms with Gasteiger partial charge in [-0.1, -0.05) is 53.7 Å². The van der Waals surface area contributed by atoms with Crippen LogP contribution in [0.25, 0.3) is 0 Å². The van der Waals surface area contributed by atoms with Crippen molar-refractivity contribution in [2.45, 2.75) is 21.1 Å². The SMILES string of the molecule is O=C(Nc1ccccc1Sc1ccccc1)c1ccc2c(c1)CCN2S(=O)(=O)c1ccc(Cl)cc1. The van der Waals surface area contributed by atoms with Gasteiger partial charge in [-0.05, 0) is 78.7 Å². The number of rotatable bonds is 6. The number of hydrogen-bond acceptors (Lipinski definition) is 4. The van der Waals surface area contributed by atoms with E-state index in [0.717, 1.165) is 21.0 Å². The lowest BCUT2D eigenvalue weighted by Gasteiger charge is -2.20. The summed E-state index contributed by atoms with van der Waals surface area (Å²) < 4.78 is 27.7. The normalized spacial score (nSPS) is 12.9. The molecule has 0 aliphatic carbocycles. The van der Waals surface area contributed by atoms with Gasteiger partial charge in [0.25, 0.3) is 15.9 Å². The molecule has 0 spiro atoms. The fraction of sp³-hybridized carbons (Fsp3) is 0.0741. The third-order valence-corrected chi connectivity index (χ3v) is 8.87. The van der Waals surface area contributed by atoms with Gasteiger partial charge in [0, 0.05) is 26.9 Å². The third kappa shape index (κ3) is 4.93. The van der Waals surface area contributed by atoms with Gasteiger partial charge in [0.1, 0.15) is 0 Å². The molecule has 4 aromatic carbocycles. The number of carbonyl (C=O) groups excluding carboxylic acids is 1. The molecule has 1 aliphatic heterocycles. The van der Waals surface area contributed by atoms with E-state index in [0.29, 0.717) is 29.2 Å². The molecule has 1 amide bonds. The lowest BCUT2D eigenvalue weighted by molar-refractivity contribution is 0.102. The molecule has 1 aliphatic rings. The van der Waals surface area contributed by atoms with E-state index >= 15 is 0 Å². The van der Waals surface area contributed by atoms with Crippen LogP contribution in [0.5, 0.6) is 0 Å². The van der Waals surface area contributed by atoms with E-state index in [1.807, 2.05) is 54.6 Å². The Morgan fingerprint density at radius 2 is 1.60 bits per heavy atom. The molecule has 0 atom stereocenters. The van der Waals surface area contributed by atoms with Gasteiger partial charge in [-0.3, -0.25) is 9.10 Å². The summed E-state index contributed by atoms with van der Waals surface area (Å²) in [5.74, 6) is -0.243. The van der Waals surface area contributed by atoms with Crippen LogP contribution < -0.4 is 9.62 Å². The molecule has 0 radical (unpaired) electrons. The lowest BCUT2D eigenvalue weighted by Crippen LogP contribution is -2.29. The molecule has 35 heavy (non-hydrogen) atoms. The summed E-state index contributed by atoms with van der Waals surface area (Å²) in [5.41, 5.74) is 2.62. The second kappa shape index (κ2) is 9.77. The number of amides is 1. The van der Waals surface area contributed by atoms with Crippen LogP contribution in [0.4, 0.5) is 11.4 Å². The number of nitrogens with one attached hydrogen (secondary N) is 1. The molecule has 0 aromatic heterocycles. The van der Waals surface area contributed by atoms with Crippen LogP contribution in [0.15, 0.2) is 112 Å². The van der Waals surface area contributed by atoms with Crippen LogP contribution in [0.1, 0.15) is 15.9 Å². The first-order valence-corrected chi connectivity index (χ1v) is 13.6. The zero-order valence-electron chi connectivity index (χ0n) is 18.5. The number of anilines is 2. The Balaban J connectivity index is 1.36. The number of halogens is 1. The molecule has 0 unspecified atom stereocenters. The van der Waals surface area contributed by atoms with Gasteiger partial charge in [0.15, 0.2) is 0 Å². The minimum Gasteiger partial charge on any atom is -0.321 e. The second-order valence-corrected chi connectivity index (χ2v) is 11.4. The fourth-order valence-electron chi connectivity index (χ4n) is 3.97. The monoisotopic (exact) mass is 520 g/mol. The molecule has 0 fully saturated rings. The fourth-order valence-corrected chi connectivity index (χ4v) is 6.52. The Hall–Kier alpha value is -3.26. The molecule has 5 rings (SSSR count). The van der Waals surface area contributed by atoms with Gasteiger partial charge < -0.3 is 5.32 Å². The number of benzene rings is 4. The summed E-state index contributed by atoms with van der Waals surface area (Å²) >= 11 is 7.49. The maximum atomic E-state index is 13.2. The Morgan fingerprint density at radius 3 is 2.37 bits per heavy atom. The van der Waals surface area contributed by atoms with Crippen LogP contribution in [0.2, 0.25) is 5.02 Å². The number of sulfonamides is 1. The van der Waals surface area contributed by atoms with Crippen molar-refractivity contribution in [2.24, 2.45) is 0 Å². The predicted octanol–water partition coefficient (Wildman–Crippen LogP) is 6.49. The van der Waals surface area contributed by atoms with Crippen molar-refractivity contribution < 1.29 is 13.2 Å². The summed E-state index contributed by atoms with van der Waals surface area (Å²) in [6, 6.07) is 28.9. The van der Waals surface area contributed by atoms with Gasteiger partial charge in [0.2, 0.25) is 0 Å². The molecule has 1 heterocycles. The molecule has 4 aromatic rings. The van der Waals surface area contributed by atoms with Gasteiger partial charge >= 0.3 is 0 Å². The highest BCUT2D eigenvalue weighted by Gasteiger charge is 2.31. The van der Waals surface area contributed by atoms with Gasteiger partial charge in [0.05, 0.1) is 16.3 Å². The summed E-state index contributed by atoms with van der Waals surface area (Å²) in [6.07, 6.45) is 0.531. The second-order valence-electron chi connectivity index (χ2n) is 7.99. The lowest BCUT2D eigenvalue weighted by atomic mass is 10.1. The number of hydrogen-bond donors (Lipinski definition) is 1. The molecular formula is C27H21ClN2O3S2. The first kappa shape index (κ1) is 23.5. The number of para-hydroxylation sites is 1. The smallest absolute Gasteiger partial charge is 0.264 e. The average molecular weight is 521 g/mol. The number of fused-ring (bicyclic) bond motifs is 1. The molecule has 1 N–H and O–H groups in total. The quantitative estimate of drug-likeness (QED) is 0.315. The summed E-state index contributed by atoms with van der Waals surface area (Å²) in [5, 5.41) is 3.48. The highest BCUT2D eigenvalue weighted by Crippen LogP contribution is 2.35. The van der Waals surface area contributed by atoms with Crippen molar-refractivity contribution in [1.82, 2.24) is 0 Å². The van der Waals surface area contributed by atoms with E-state index in [9.17, 15) is 13.2 Å². The first-order valence-electron chi connectivity index (χ1n) is 11.0. The maximum absolute atomic E-state index is 13.2. The van der Waals surface area contributed by atoms with Crippen LogP contribution in [0, 0.1) is 0 Å². The zero-order valence-corrected chi connectivity index (χ0v) is 20.9. The van der Waals surface area contributed by atoms with Crippen LogP contribution in [0.3, 0.4) is 0 Å². The van der Waals surface area contributed by atoms with Crippen molar-refractivity contribution >= 4 is 50.7 Å². The Labute approximate surface area is 213 Å². The molecule has 176 valence electrons. The van der Waals surface area contributed by atoms with Crippen molar-refractivity contribution in [2.75, 3.05) is 16.2 Å². The molecule has 8 heteroatoms. The molecular weight excluding hydrogens is 500 g/mol. The molecule has 0 saturated heterocycles. The van der Waals surface area contributed by atoms with E-state index < -0.39 is 10.0 Å². The predicted molar refractivity (Wildman–Crippen MR) is 141 cm³/mol. The van der Waals surface area contributed by atoms with Crippen molar-refractivity contribution in [3.05, 3.63) is 113 Å². The number of carbonyl (C=O) groups is 1. The van der Waals surface area contributed by atoms with E-state index in [1.165, 1.54) is 16.4 Å². The van der Waals surface area contributed by atoms with Crippen LogP contribution in [-0.2, 0) is 16.4 Å². The Bertz CT molecular complexity index is 1490. The van der Waals surface area contributed by atoms with E-state index in [2.05, 4.69) is 5.32 Å². The number of nitrogens with zero attached hydrogens (tertiary/aromatic N) is 1. The Kier molecular flexibility index (Phi) is 6.56. The highest BCUT2D eigenvalue weighted by molar-refractivity contribution is 7.99. The summed E-state index contributed by atoms with van der Waals surface area (Å²) in [6.45, 7) is 0.321. The molecule has 5 nitrogen and oxygen atoms in total. The van der Waals surface area contributed by atoms with Crippen LogP contribution >= 0.6 is 23.4 Å². The summed E-state index contributed by atoms with van der Waals surface area (Å²) in [7, 11) is -3.71. The largest absolute Gasteiger partial charge is 0.321 e. The van der Waals surface area contributed by atoms with Gasteiger partial charge in [-0.25, -0.2) is 8.42 Å². The van der Waals surface area contributed by atoms with Gasteiger partial charge in [-0.2, -0.15) is 0 Å². The summed E-state index contributed by atoms with van der Waals surface area (Å²) in [4.78, 5) is 15.3. The minimum absolute atomic E-state index is 0.184. The van der Waals surface area contributed by atoms with E-state index in [-0.39, 0.29) is 10.8 Å². The standard InChI is InChI=1S/C27H21ClN2O3S2/c28-21-11-13-23(14-12-21)35(32,33)30-17-16-19-18-20(10-15-25(19)30)27(31)29-24-8-4-5-9-26(24)34-22-6-2-1-3-7-22/h1-15,18H,16-17H2,(H,29,31). The minimum atomic E-state index is -3.71. The van der Waals surface area contributed by atoms with E-state index in [1.54, 1.807) is 42.1 Å². The van der Waals surface area contributed by atoms with E-state index in [4.69, 9.17) is 11.6 Å². The molecule has 0 bridgehead atoms.